The molecule has 1 atom stereocenters. The fourth-order valence-corrected chi connectivity index (χ4v) is 4.36. The van der Waals surface area contributed by atoms with E-state index in [9.17, 15) is 0 Å². The Bertz CT molecular complexity index is 564. The van der Waals surface area contributed by atoms with Crippen LogP contribution in [0, 0.1) is 5.92 Å². The summed E-state index contributed by atoms with van der Waals surface area (Å²) in [5, 5.41) is 6.64. The number of anilines is 1. The second kappa shape index (κ2) is 6.50. The Labute approximate surface area is 137 Å². The molecule has 2 aromatic rings. The first-order valence-electron chi connectivity index (χ1n) is 6.99. The van der Waals surface area contributed by atoms with E-state index in [0.29, 0.717) is 6.04 Å². The van der Waals surface area contributed by atoms with Gasteiger partial charge in [0.2, 0.25) is 0 Å². The van der Waals surface area contributed by atoms with Gasteiger partial charge in [-0.05, 0) is 64.3 Å². The number of hydrogen-bond donors (Lipinski definition) is 1. The van der Waals surface area contributed by atoms with Crippen molar-refractivity contribution in [2.75, 3.05) is 5.32 Å². The summed E-state index contributed by atoms with van der Waals surface area (Å²) in [7, 11) is 0. The van der Waals surface area contributed by atoms with E-state index in [2.05, 4.69) is 38.8 Å². The van der Waals surface area contributed by atoms with Gasteiger partial charge in [-0.2, -0.15) is 0 Å². The van der Waals surface area contributed by atoms with Crippen LogP contribution in [0.15, 0.2) is 40.2 Å². The molecule has 0 radical (unpaired) electrons. The third kappa shape index (κ3) is 3.21. The van der Waals surface area contributed by atoms with E-state index in [1.807, 2.05) is 29.5 Å². The van der Waals surface area contributed by atoms with Crippen molar-refractivity contribution in [1.82, 2.24) is 0 Å². The van der Waals surface area contributed by atoms with Gasteiger partial charge in [-0.1, -0.05) is 30.5 Å². The van der Waals surface area contributed by atoms with Crippen LogP contribution in [-0.4, -0.2) is 0 Å². The molecule has 1 unspecified atom stereocenters. The molecule has 1 fully saturated rings. The number of thiophene rings is 1. The van der Waals surface area contributed by atoms with Crippen molar-refractivity contribution in [3.63, 3.8) is 0 Å². The van der Waals surface area contributed by atoms with E-state index in [0.717, 1.165) is 21.1 Å². The van der Waals surface area contributed by atoms with Crippen LogP contribution in [0.5, 0.6) is 0 Å². The molecule has 1 aromatic carbocycles. The molecule has 1 nitrogen and oxygen atoms in total. The van der Waals surface area contributed by atoms with Gasteiger partial charge in [-0.3, -0.25) is 0 Å². The molecule has 1 aromatic heterocycles. The SMILES string of the molecule is Clc1ccc(Br)c(NC(c2cccs2)C2CCCC2)c1. The molecule has 1 N–H and O–H groups in total. The highest BCUT2D eigenvalue weighted by Gasteiger charge is 2.27. The van der Waals surface area contributed by atoms with E-state index in [1.54, 1.807) is 0 Å². The first-order valence-corrected chi connectivity index (χ1v) is 9.04. The lowest BCUT2D eigenvalue weighted by molar-refractivity contribution is 0.475. The number of rotatable bonds is 4. The number of halogens is 2. The van der Waals surface area contributed by atoms with Crippen molar-refractivity contribution in [3.05, 3.63) is 50.1 Å². The van der Waals surface area contributed by atoms with Gasteiger partial charge in [0.25, 0.3) is 0 Å². The topological polar surface area (TPSA) is 12.0 Å². The van der Waals surface area contributed by atoms with E-state index < -0.39 is 0 Å². The first-order chi connectivity index (χ1) is 9.74. The molecule has 20 heavy (non-hydrogen) atoms. The normalized spacial score (nSPS) is 17.3. The maximum Gasteiger partial charge on any atom is 0.0635 e. The quantitative estimate of drug-likeness (QED) is 0.647. The van der Waals surface area contributed by atoms with Gasteiger partial charge in [-0.15, -0.1) is 11.3 Å². The summed E-state index contributed by atoms with van der Waals surface area (Å²) in [6.45, 7) is 0. The average molecular weight is 371 g/mol. The predicted molar refractivity (Wildman–Crippen MR) is 91.8 cm³/mol. The highest BCUT2D eigenvalue weighted by Crippen LogP contribution is 2.40. The summed E-state index contributed by atoms with van der Waals surface area (Å²) in [5.74, 6) is 0.722. The molecule has 0 bridgehead atoms. The predicted octanol–water partition coefficient (Wildman–Crippen LogP) is 6.51. The molecule has 1 aliphatic carbocycles. The highest BCUT2D eigenvalue weighted by atomic mass is 79.9. The summed E-state index contributed by atoms with van der Waals surface area (Å²) in [4.78, 5) is 1.42. The summed E-state index contributed by atoms with van der Waals surface area (Å²) in [6.07, 6.45) is 5.33. The van der Waals surface area contributed by atoms with Crippen molar-refractivity contribution in [2.45, 2.75) is 31.7 Å². The third-order valence-electron chi connectivity index (χ3n) is 3.96. The molecule has 4 heteroatoms. The lowest BCUT2D eigenvalue weighted by Gasteiger charge is -2.25. The van der Waals surface area contributed by atoms with Crippen LogP contribution in [0.1, 0.15) is 36.6 Å². The zero-order valence-electron chi connectivity index (χ0n) is 11.1. The lowest BCUT2D eigenvalue weighted by Crippen LogP contribution is -2.18. The van der Waals surface area contributed by atoms with Crippen LogP contribution in [0.3, 0.4) is 0 Å². The molecule has 0 aliphatic heterocycles. The largest absolute Gasteiger partial charge is 0.376 e. The molecule has 1 aliphatic rings. The van der Waals surface area contributed by atoms with Gasteiger partial charge >= 0.3 is 0 Å². The van der Waals surface area contributed by atoms with Crippen LogP contribution in [0.4, 0.5) is 5.69 Å². The Kier molecular flexibility index (Phi) is 4.69. The monoisotopic (exact) mass is 369 g/mol. The Hall–Kier alpha value is -0.510. The van der Waals surface area contributed by atoms with E-state index in [4.69, 9.17) is 11.6 Å². The van der Waals surface area contributed by atoms with Gasteiger partial charge in [0.05, 0.1) is 11.7 Å². The van der Waals surface area contributed by atoms with Gasteiger partial charge < -0.3 is 5.32 Å². The summed E-state index contributed by atoms with van der Waals surface area (Å²) < 4.78 is 1.07. The molecule has 1 saturated carbocycles. The van der Waals surface area contributed by atoms with Crippen LogP contribution in [0.25, 0.3) is 0 Å². The third-order valence-corrected chi connectivity index (χ3v) is 5.84. The summed E-state index contributed by atoms with van der Waals surface area (Å²) in [5.41, 5.74) is 1.09. The first kappa shape index (κ1) is 14.4. The van der Waals surface area contributed by atoms with E-state index in [1.165, 1.54) is 30.6 Å². The fraction of sp³-hybridized carbons (Fsp3) is 0.375. The maximum atomic E-state index is 6.13. The van der Waals surface area contributed by atoms with Crippen molar-refractivity contribution in [1.29, 1.82) is 0 Å². The summed E-state index contributed by atoms with van der Waals surface area (Å²) in [6, 6.07) is 10.7. The van der Waals surface area contributed by atoms with Crippen molar-refractivity contribution in [3.8, 4) is 0 Å². The average Bonchev–Trinajstić information content (AvgIpc) is 3.12. The van der Waals surface area contributed by atoms with E-state index in [-0.39, 0.29) is 0 Å². The van der Waals surface area contributed by atoms with Gasteiger partial charge in [0.15, 0.2) is 0 Å². The van der Waals surface area contributed by atoms with Crippen molar-refractivity contribution in [2.24, 2.45) is 5.92 Å². The molecule has 106 valence electrons. The Morgan fingerprint density at radius 3 is 2.75 bits per heavy atom. The highest BCUT2D eigenvalue weighted by molar-refractivity contribution is 9.10. The number of nitrogens with one attached hydrogen (secondary N) is 1. The zero-order valence-corrected chi connectivity index (χ0v) is 14.3. The maximum absolute atomic E-state index is 6.13. The van der Waals surface area contributed by atoms with Crippen molar-refractivity contribution >= 4 is 44.6 Å². The minimum Gasteiger partial charge on any atom is -0.376 e. The minimum absolute atomic E-state index is 0.396. The molecule has 0 amide bonds. The number of benzene rings is 1. The molecule has 3 rings (SSSR count). The molecular formula is C16H17BrClNS. The fourth-order valence-electron chi connectivity index (χ4n) is 2.96. The Morgan fingerprint density at radius 2 is 2.05 bits per heavy atom. The molecule has 0 saturated heterocycles. The van der Waals surface area contributed by atoms with Gasteiger partial charge in [0, 0.05) is 14.4 Å². The van der Waals surface area contributed by atoms with Gasteiger partial charge in [0.1, 0.15) is 0 Å². The summed E-state index contributed by atoms with van der Waals surface area (Å²) >= 11 is 11.6. The Balaban J connectivity index is 1.88. The molecule has 0 spiro atoms. The smallest absolute Gasteiger partial charge is 0.0635 e. The molecular weight excluding hydrogens is 354 g/mol. The number of hydrogen-bond acceptors (Lipinski definition) is 2. The standard InChI is InChI=1S/C16H17BrClNS/c17-13-8-7-12(18)10-14(13)19-16(11-4-1-2-5-11)15-6-3-9-20-15/h3,6-11,16,19H,1-2,4-5H2. The van der Waals surface area contributed by atoms with Crippen LogP contribution in [-0.2, 0) is 0 Å². The van der Waals surface area contributed by atoms with Crippen LogP contribution < -0.4 is 5.32 Å². The van der Waals surface area contributed by atoms with Gasteiger partial charge in [-0.25, -0.2) is 0 Å². The lowest BCUT2D eigenvalue weighted by atomic mass is 9.96. The van der Waals surface area contributed by atoms with E-state index >= 15 is 0 Å². The minimum atomic E-state index is 0.396. The van der Waals surface area contributed by atoms with Crippen LogP contribution >= 0.6 is 38.9 Å². The second-order valence-electron chi connectivity index (χ2n) is 5.31. The molecule has 1 heterocycles. The second-order valence-corrected chi connectivity index (χ2v) is 7.58. The Morgan fingerprint density at radius 1 is 1.25 bits per heavy atom. The van der Waals surface area contributed by atoms with Crippen molar-refractivity contribution < 1.29 is 0 Å². The van der Waals surface area contributed by atoms with Crippen LogP contribution in [0.2, 0.25) is 5.02 Å². The zero-order chi connectivity index (χ0) is 13.9.